The first-order chi connectivity index (χ1) is 7.02. The number of hydrogen-bond acceptors (Lipinski definition) is 5. The van der Waals surface area contributed by atoms with Gasteiger partial charge in [0.05, 0.1) is 19.7 Å². The van der Waals surface area contributed by atoms with Gasteiger partial charge in [-0.2, -0.15) is 0 Å². The maximum atomic E-state index is 11.2. The van der Waals surface area contributed by atoms with E-state index in [2.05, 4.69) is 16.0 Å². The van der Waals surface area contributed by atoms with E-state index in [1.807, 2.05) is 0 Å². The van der Waals surface area contributed by atoms with Crippen molar-refractivity contribution in [3.05, 3.63) is 0 Å². The van der Waals surface area contributed by atoms with Crippen molar-refractivity contribution in [1.82, 2.24) is 5.32 Å². The first kappa shape index (κ1) is 13.4. The van der Waals surface area contributed by atoms with Gasteiger partial charge in [0.15, 0.2) is 6.10 Å². The number of terminal acetylenes is 1. The van der Waals surface area contributed by atoms with Gasteiger partial charge in [0.25, 0.3) is 0 Å². The molecule has 0 spiro atoms. The molecule has 0 bridgehead atoms. The van der Waals surface area contributed by atoms with Gasteiger partial charge < -0.3 is 20.9 Å². The predicted octanol–water partition coefficient (Wildman–Crippen LogP) is -2.01. The summed E-state index contributed by atoms with van der Waals surface area (Å²) in [7, 11) is 1.14. The smallest absolute Gasteiger partial charge is 0.336 e. The Labute approximate surface area is 87.8 Å². The Morgan fingerprint density at radius 3 is 2.73 bits per heavy atom. The Kier molecular flexibility index (Phi) is 6.09. The van der Waals surface area contributed by atoms with Crippen LogP contribution in [0, 0.1) is 12.3 Å². The molecule has 6 nitrogen and oxygen atoms in total. The minimum Gasteiger partial charge on any atom is -0.467 e. The number of nitrogens with one attached hydrogen (secondary N) is 1. The van der Waals surface area contributed by atoms with Crippen molar-refractivity contribution in [2.75, 3.05) is 13.7 Å². The fourth-order valence-corrected chi connectivity index (χ4v) is 0.767. The van der Waals surface area contributed by atoms with Gasteiger partial charge in [-0.05, 0) is 0 Å². The number of ether oxygens (including phenoxy) is 1. The van der Waals surface area contributed by atoms with Crippen LogP contribution < -0.4 is 11.1 Å². The number of esters is 1. The molecule has 0 saturated heterocycles. The fraction of sp³-hybridized carbons (Fsp3) is 0.556. The van der Waals surface area contributed by atoms with Crippen molar-refractivity contribution in [1.29, 1.82) is 0 Å². The van der Waals surface area contributed by atoms with Crippen LogP contribution in [0.3, 0.4) is 0 Å². The maximum Gasteiger partial charge on any atom is 0.336 e. The number of hydrogen-bond donors (Lipinski definition) is 3. The minimum atomic E-state index is -1.39. The summed E-state index contributed by atoms with van der Waals surface area (Å²) in [5.74, 6) is 0.894. The molecular weight excluding hydrogens is 200 g/mol. The van der Waals surface area contributed by atoms with Crippen LogP contribution in [0.15, 0.2) is 0 Å². The van der Waals surface area contributed by atoms with Gasteiger partial charge in [0.2, 0.25) is 5.91 Å². The van der Waals surface area contributed by atoms with Crippen LogP contribution in [0.25, 0.3) is 0 Å². The van der Waals surface area contributed by atoms with E-state index in [1.54, 1.807) is 0 Å². The summed E-state index contributed by atoms with van der Waals surface area (Å²) < 4.78 is 4.25. The summed E-state index contributed by atoms with van der Waals surface area (Å²) in [4.78, 5) is 21.9. The Morgan fingerprint density at radius 1 is 1.67 bits per heavy atom. The summed E-state index contributed by atoms with van der Waals surface area (Å²) in [6.45, 7) is -0.246. The van der Waals surface area contributed by atoms with E-state index in [0.717, 1.165) is 7.11 Å². The Morgan fingerprint density at radius 2 is 2.27 bits per heavy atom. The summed E-state index contributed by atoms with van der Waals surface area (Å²) >= 11 is 0. The number of nitrogens with two attached hydrogens (primary N) is 1. The van der Waals surface area contributed by atoms with Gasteiger partial charge in [-0.25, -0.2) is 4.79 Å². The van der Waals surface area contributed by atoms with E-state index in [9.17, 15) is 9.59 Å². The summed E-state index contributed by atoms with van der Waals surface area (Å²) in [6.07, 6.45) is 3.67. The molecule has 0 aromatic heterocycles. The lowest BCUT2D eigenvalue weighted by Crippen LogP contribution is -2.45. The monoisotopic (exact) mass is 214 g/mol. The molecule has 2 atom stereocenters. The average Bonchev–Trinajstić information content (AvgIpc) is 2.24. The third-order valence-electron chi connectivity index (χ3n) is 1.62. The first-order valence-electron chi connectivity index (χ1n) is 4.25. The molecule has 0 rings (SSSR count). The number of aliphatic hydroxyl groups excluding tert-OH is 1. The lowest BCUT2D eigenvalue weighted by Gasteiger charge is -2.12. The molecular formula is C9H14N2O4. The Balaban J connectivity index is 3.91. The predicted molar refractivity (Wildman–Crippen MR) is 52.5 cm³/mol. The molecule has 0 heterocycles. The number of aliphatic hydroxyl groups is 1. The van der Waals surface area contributed by atoms with Crippen molar-refractivity contribution in [3.63, 3.8) is 0 Å². The number of carbonyl (C=O) groups excluding carboxylic acids is 2. The second-order valence-electron chi connectivity index (χ2n) is 2.80. The van der Waals surface area contributed by atoms with Crippen LogP contribution >= 0.6 is 0 Å². The van der Waals surface area contributed by atoms with Gasteiger partial charge in [-0.1, -0.05) is 0 Å². The van der Waals surface area contributed by atoms with Crippen LogP contribution in [-0.2, 0) is 14.3 Å². The molecule has 1 amide bonds. The zero-order valence-corrected chi connectivity index (χ0v) is 8.40. The molecule has 15 heavy (non-hydrogen) atoms. The standard InChI is InChI=1S/C9H14N2O4/c1-3-4-6(10)8(13)11-5-7(12)9(14)15-2/h1,6-7,12H,4-5,10H2,2H3,(H,11,13). The second-order valence-corrected chi connectivity index (χ2v) is 2.80. The van der Waals surface area contributed by atoms with Crippen molar-refractivity contribution in [2.24, 2.45) is 5.73 Å². The third-order valence-corrected chi connectivity index (χ3v) is 1.62. The van der Waals surface area contributed by atoms with E-state index in [4.69, 9.17) is 17.3 Å². The van der Waals surface area contributed by atoms with Crippen molar-refractivity contribution in [3.8, 4) is 12.3 Å². The zero-order valence-electron chi connectivity index (χ0n) is 8.40. The molecule has 6 heteroatoms. The molecule has 84 valence electrons. The molecule has 0 aliphatic rings. The highest BCUT2D eigenvalue weighted by molar-refractivity contribution is 5.82. The molecule has 0 aromatic rings. The quantitative estimate of drug-likeness (QED) is 0.362. The summed E-state index contributed by atoms with van der Waals surface area (Å²) in [5, 5.41) is 11.4. The number of methoxy groups -OCH3 is 1. The van der Waals surface area contributed by atoms with Gasteiger partial charge in [0.1, 0.15) is 0 Å². The maximum absolute atomic E-state index is 11.2. The first-order valence-corrected chi connectivity index (χ1v) is 4.25. The van der Waals surface area contributed by atoms with E-state index in [-0.39, 0.29) is 13.0 Å². The molecule has 2 unspecified atom stereocenters. The third kappa shape index (κ3) is 5.00. The number of amides is 1. The molecule has 0 radical (unpaired) electrons. The van der Waals surface area contributed by atoms with Crippen LogP contribution in [0.2, 0.25) is 0 Å². The number of rotatable bonds is 5. The molecule has 0 aliphatic heterocycles. The molecule has 0 aromatic carbocycles. The minimum absolute atomic E-state index is 0.0974. The second kappa shape index (κ2) is 6.81. The van der Waals surface area contributed by atoms with Crippen molar-refractivity contribution < 1.29 is 19.4 Å². The van der Waals surface area contributed by atoms with Crippen LogP contribution in [0.4, 0.5) is 0 Å². The summed E-state index contributed by atoms with van der Waals surface area (Å²) in [5.41, 5.74) is 5.37. The molecule has 0 saturated carbocycles. The Bertz CT molecular complexity index is 272. The topological polar surface area (TPSA) is 102 Å². The fourth-order valence-electron chi connectivity index (χ4n) is 0.767. The average molecular weight is 214 g/mol. The SMILES string of the molecule is C#CCC(N)C(=O)NCC(O)C(=O)OC. The molecule has 0 fully saturated rings. The highest BCUT2D eigenvalue weighted by atomic mass is 16.5. The Hall–Kier alpha value is -1.58. The summed E-state index contributed by atoms with van der Waals surface area (Å²) in [6, 6.07) is -0.833. The highest BCUT2D eigenvalue weighted by Crippen LogP contribution is 1.88. The molecule has 4 N–H and O–H groups in total. The highest BCUT2D eigenvalue weighted by Gasteiger charge is 2.18. The molecule has 0 aliphatic carbocycles. The van der Waals surface area contributed by atoms with Gasteiger partial charge >= 0.3 is 5.97 Å². The van der Waals surface area contributed by atoms with E-state index in [0.29, 0.717) is 0 Å². The van der Waals surface area contributed by atoms with Crippen LogP contribution in [0.1, 0.15) is 6.42 Å². The van der Waals surface area contributed by atoms with Crippen molar-refractivity contribution >= 4 is 11.9 Å². The van der Waals surface area contributed by atoms with E-state index >= 15 is 0 Å². The van der Waals surface area contributed by atoms with E-state index in [1.165, 1.54) is 0 Å². The van der Waals surface area contributed by atoms with E-state index < -0.39 is 24.0 Å². The van der Waals surface area contributed by atoms with Crippen LogP contribution in [0.5, 0.6) is 0 Å². The van der Waals surface area contributed by atoms with Crippen LogP contribution in [-0.4, -0.2) is 42.8 Å². The van der Waals surface area contributed by atoms with Crippen molar-refractivity contribution in [2.45, 2.75) is 18.6 Å². The van der Waals surface area contributed by atoms with Gasteiger partial charge in [-0.3, -0.25) is 4.79 Å². The lowest BCUT2D eigenvalue weighted by molar-refractivity contribution is -0.150. The largest absolute Gasteiger partial charge is 0.467 e. The van der Waals surface area contributed by atoms with Gasteiger partial charge in [0, 0.05) is 6.42 Å². The number of carbonyl (C=O) groups is 2. The zero-order chi connectivity index (χ0) is 11.8. The lowest BCUT2D eigenvalue weighted by atomic mass is 10.2. The van der Waals surface area contributed by atoms with Gasteiger partial charge in [-0.15, -0.1) is 12.3 Å². The normalized spacial score (nSPS) is 13.5.